The number of hydroxylamine groups is 1. The number of rotatable bonds is 5. The Morgan fingerprint density at radius 1 is 0.879 bits per heavy atom. The Kier molecular flexibility index (Phi) is 5.38. The molecular weight excluding hydrogens is 416 g/mol. The van der Waals surface area contributed by atoms with Gasteiger partial charge >= 0.3 is 0 Å². The van der Waals surface area contributed by atoms with Gasteiger partial charge in [0.1, 0.15) is 11.7 Å². The predicted molar refractivity (Wildman–Crippen MR) is 126 cm³/mol. The number of hydrogen-bond donors (Lipinski definition) is 0. The highest BCUT2D eigenvalue weighted by Gasteiger charge is 2.60. The predicted octanol–water partition coefficient (Wildman–Crippen LogP) is 4.75. The van der Waals surface area contributed by atoms with Gasteiger partial charge in [-0.1, -0.05) is 42.0 Å². The molecule has 0 radical (unpaired) electrons. The fourth-order valence-corrected chi connectivity index (χ4v) is 4.80. The molecule has 168 valence electrons. The maximum Gasteiger partial charge on any atom is 0.266 e. The summed E-state index contributed by atoms with van der Waals surface area (Å²) in [7, 11) is 0. The Labute approximate surface area is 193 Å². The standard InChI is InChI=1S/C27H26N2O4/c1-4-32-21-13-11-19(12-14-21)28-26(30)23-24(22-15-10-17(2)16-18(22)3)29(33-25(23)27(28)31)20-8-6-5-7-9-20/h5-16,23-25H,4H2,1-3H3/t23-,24+,25+/m1/s1. The first-order valence-corrected chi connectivity index (χ1v) is 11.2. The first-order valence-electron chi connectivity index (χ1n) is 11.2. The number of anilines is 2. The van der Waals surface area contributed by atoms with Crippen molar-refractivity contribution in [3.8, 4) is 5.75 Å². The van der Waals surface area contributed by atoms with E-state index in [2.05, 4.69) is 6.07 Å². The summed E-state index contributed by atoms with van der Waals surface area (Å²) in [5, 5.41) is 1.73. The Hall–Kier alpha value is -3.64. The summed E-state index contributed by atoms with van der Waals surface area (Å²) >= 11 is 0. The number of para-hydroxylation sites is 1. The van der Waals surface area contributed by atoms with Crippen molar-refractivity contribution in [1.82, 2.24) is 0 Å². The summed E-state index contributed by atoms with van der Waals surface area (Å²) < 4.78 is 5.49. The highest BCUT2D eigenvalue weighted by atomic mass is 16.7. The number of amides is 2. The zero-order valence-electron chi connectivity index (χ0n) is 18.9. The van der Waals surface area contributed by atoms with Crippen molar-refractivity contribution < 1.29 is 19.2 Å². The molecule has 0 saturated carbocycles. The number of carbonyl (C=O) groups is 2. The van der Waals surface area contributed by atoms with Gasteiger partial charge in [-0.05, 0) is 68.3 Å². The third-order valence-corrected chi connectivity index (χ3v) is 6.28. The van der Waals surface area contributed by atoms with Crippen LogP contribution in [0.1, 0.15) is 29.7 Å². The summed E-state index contributed by atoms with van der Waals surface area (Å²) in [6.45, 7) is 6.53. The molecule has 0 unspecified atom stereocenters. The molecule has 0 bridgehead atoms. The minimum absolute atomic E-state index is 0.252. The molecule has 33 heavy (non-hydrogen) atoms. The van der Waals surface area contributed by atoms with Crippen molar-refractivity contribution in [3.05, 3.63) is 89.5 Å². The highest BCUT2D eigenvalue weighted by molar-refractivity contribution is 6.24. The average Bonchev–Trinajstić information content (AvgIpc) is 3.31. The molecule has 2 amide bonds. The number of ether oxygens (including phenoxy) is 1. The molecule has 0 spiro atoms. The number of nitrogens with zero attached hydrogens (tertiary/aromatic N) is 2. The second kappa shape index (κ2) is 8.37. The Morgan fingerprint density at radius 2 is 1.61 bits per heavy atom. The quantitative estimate of drug-likeness (QED) is 0.534. The van der Waals surface area contributed by atoms with E-state index < -0.39 is 18.1 Å². The second-order valence-corrected chi connectivity index (χ2v) is 8.46. The fourth-order valence-electron chi connectivity index (χ4n) is 4.80. The van der Waals surface area contributed by atoms with Crippen LogP contribution in [0.2, 0.25) is 0 Å². The van der Waals surface area contributed by atoms with E-state index >= 15 is 0 Å². The van der Waals surface area contributed by atoms with E-state index in [-0.39, 0.29) is 11.8 Å². The second-order valence-electron chi connectivity index (χ2n) is 8.46. The third kappa shape index (κ3) is 3.56. The van der Waals surface area contributed by atoms with Crippen molar-refractivity contribution in [1.29, 1.82) is 0 Å². The molecule has 6 heteroatoms. The van der Waals surface area contributed by atoms with Crippen molar-refractivity contribution >= 4 is 23.2 Å². The summed E-state index contributed by atoms with van der Waals surface area (Å²) in [5.41, 5.74) is 4.52. The molecule has 5 rings (SSSR count). The van der Waals surface area contributed by atoms with Crippen LogP contribution in [0.3, 0.4) is 0 Å². The number of benzene rings is 3. The van der Waals surface area contributed by atoms with E-state index in [0.29, 0.717) is 18.0 Å². The molecule has 2 aliphatic rings. The van der Waals surface area contributed by atoms with Crippen LogP contribution in [0.4, 0.5) is 11.4 Å². The zero-order valence-corrected chi connectivity index (χ0v) is 18.9. The zero-order chi connectivity index (χ0) is 23.1. The Balaban J connectivity index is 1.55. The first kappa shape index (κ1) is 21.2. The molecule has 0 N–H and O–H groups in total. The minimum Gasteiger partial charge on any atom is -0.494 e. The van der Waals surface area contributed by atoms with Gasteiger partial charge in [0.05, 0.1) is 24.0 Å². The SMILES string of the molecule is CCOc1ccc(N2C(=O)[C@H]3[C@H](ON(c4ccccc4)[C@H]3c3ccc(C)cc3C)C2=O)cc1. The molecule has 3 aromatic rings. The van der Waals surface area contributed by atoms with Crippen molar-refractivity contribution in [2.45, 2.75) is 32.9 Å². The Bertz CT molecular complexity index is 1190. The molecule has 2 fully saturated rings. The summed E-state index contributed by atoms with van der Waals surface area (Å²) in [4.78, 5) is 34.6. The normalized spacial score (nSPS) is 22.1. The molecular formula is C27H26N2O4. The number of hydrogen-bond acceptors (Lipinski definition) is 5. The maximum atomic E-state index is 13.7. The first-order chi connectivity index (χ1) is 16.0. The lowest BCUT2D eigenvalue weighted by atomic mass is 9.87. The molecule has 2 heterocycles. The lowest BCUT2D eigenvalue weighted by molar-refractivity contribution is -0.126. The largest absolute Gasteiger partial charge is 0.494 e. The molecule has 0 aliphatic carbocycles. The monoisotopic (exact) mass is 442 g/mol. The molecule has 3 aromatic carbocycles. The average molecular weight is 443 g/mol. The molecule has 0 aromatic heterocycles. The van der Waals surface area contributed by atoms with Crippen LogP contribution in [0.15, 0.2) is 72.8 Å². The fraction of sp³-hybridized carbons (Fsp3) is 0.259. The maximum absolute atomic E-state index is 13.7. The van der Waals surface area contributed by atoms with E-state index in [9.17, 15) is 9.59 Å². The van der Waals surface area contributed by atoms with Gasteiger partial charge in [0.25, 0.3) is 5.91 Å². The van der Waals surface area contributed by atoms with Crippen molar-refractivity contribution in [2.75, 3.05) is 16.6 Å². The lowest BCUT2D eigenvalue weighted by Crippen LogP contribution is -2.37. The van der Waals surface area contributed by atoms with Gasteiger partial charge in [-0.2, -0.15) is 0 Å². The van der Waals surface area contributed by atoms with Gasteiger partial charge < -0.3 is 4.74 Å². The van der Waals surface area contributed by atoms with Crippen LogP contribution in [0, 0.1) is 19.8 Å². The van der Waals surface area contributed by atoms with E-state index in [1.165, 1.54) is 4.90 Å². The van der Waals surface area contributed by atoms with E-state index in [0.717, 1.165) is 22.4 Å². The smallest absolute Gasteiger partial charge is 0.266 e. The summed E-state index contributed by atoms with van der Waals surface area (Å²) in [6.07, 6.45) is -0.880. The lowest BCUT2D eigenvalue weighted by Gasteiger charge is -2.29. The van der Waals surface area contributed by atoms with Crippen LogP contribution >= 0.6 is 0 Å². The van der Waals surface area contributed by atoms with Crippen LogP contribution < -0.4 is 14.7 Å². The third-order valence-electron chi connectivity index (χ3n) is 6.28. The number of imide groups is 1. The van der Waals surface area contributed by atoms with Gasteiger partial charge in [-0.15, -0.1) is 0 Å². The van der Waals surface area contributed by atoms with Gasteiger partial charge in [-0.3, -0.25) is 14.4 Å². The molecule has 2 saturated heterocycles. The van der Waals surface area contributed by atoms with Gasteiger partial charge in [0, 0.05) is 0 Å². The topological polar surface area (TPSA) is 59.1 Å². The van der Waals surface area contributed by atoms with Gasteiger partial charge in [-0.25, -0.2) is 9.96 Å². The van der Waals surface area contributed by atoms with Crippen LogP contribution in [0.5, 0.6) is 5.75 Å². The van der Waals surface area contributed by atoms with Crippen LogP contribution in [0.25, 0.3) is 0 Å². The molecule has 3 atom stereocenters. The number of carbonyl (C=O) groups excluding carboxylic acids is 2. The van der Waals surface area contributed by atoms with Crippen LogP contribution in [-0.4, -0.2) is 24.5 Å². The van der Waals surface area contributed by atoms with Crippen LogP contribution in [-0.2, 0) is 14.4 Å². The van der Waals surface area contributed by atoms with Crippen molar-refractivity contribution in [2.24, 2.45) is 5.92 Å². The number of fused-ring (bicyclic) bond motifs is 1. The van der Waals surface area contributed by atoms with E-state index in [4.69, 9.17) is 9.57 Å². The Morgan fingerprint density at radius 3 is 2.27 bits per heavy atom. The minimum atomic E-state index is -0.880. The van der Waals surface area contributed by atoms with E-state index in [1.807, 2.05) is 63.2 Å². The van der Waals surface area contributed by atoms with Gasteiger partial charge in [0.2, 0.25) is 5.91 Å². The summed E-state index contributed by atoms with van der Waals surface area (Å²) in [6, 6.07) is 22.4. The highest BCUT2D eigenvalue weighted by Crippen LogP contribution is 2.48. The summed E-state index contributed by atoms with van der Waals surface area (Å²) in [5.74, 6) is -0.550. The van der Waals surface area contributed by atoms with E-state index in [1.54, 1.807) is 29.3 Å². The molecule has 2 aliphatic heterocycles. The van der Waals surface area contributed by atoms with Crippen molar-refractivity contribution in [3.63, 3.8) is 0 Å². The molecule has 6 nitrogen and oxygen atoms in total. The van der Waals surface area contributed by atoms with Gasteiger partial charge in [0.15, 0.2) is 6.10 Å². The number of aryl methyl sites for hydroxylation is 2.